The number of amides is 1. The van der Waals surface area contributed by atoms with Gasteiger partial charge in [0.15, 0.2) is 0 Å². The largest absolute Gasteiger partial charge is 0.464 e. The first-order valence-electron chi connectivity index (χ1n) is 5.00. The zero-order chi connectivity index (χ0) is 12.4. The maximum atomic E-state index is 11.5. The van der Waals surface area contributed by atoms with Crippen LogP contribution in [0.2, 0.25) is 0 Å². The molecule has 0 spiro atoms. The summed E-state index contributed by atoms with van der Waals surface area (Å²) in [5, 5.41) is 2.41. The molecule has 0 bridgehead atoms. The molecule has 0 aliphatic rings. The molecule has 0 aliphatic heterocycles. The standard InChI is InChI=1S/C9H16N2O4S/c1-3-4-5-15-9(13)8(6-16-11-14)10-7(2)12/h8H,3-6H2,1-2H3,(H,10,12)/t8-/m0/s1. The molecule has 0 unspecified atom stereocenters. The monoisotopic (exact) mass is 248 g/mol. The first kappa shape index (κ1) is 14.9. The third-order valence-electron chi connectivity index (χ3n) is 1.70. The van der Waals surface area contributed by atoms with Crippen LogP contribution in [0.1, 0.15) is 26.7 Å². The highest BCUT2D eigenvalue weighted by Crippen LogP contribution is 2.05. The lowest BCUT2D eigenvalue weighted by Crippen LogP contribution is -2.42. The molecule has 6 nitrogen and oxygen atoms in total. The van der Waals surface area contributed by atoms with E-state index in [1.54, 1.807) is 0 Å². The van der Waals surface area contributed by atoms with E-state index in [0.717, 1.165) is 12.8 Å². The Morgan fingerprint density at radius 3 is 2.69 bits per heavy atom. The van der Waals surface area contributed by atoms with Crippen LogP contribution in [0.15, 0.2) is 4.58 Å². The summed E-state index contributed by atoms with van der Waals surface area (Å²) in [7, 11) is 0. The fraction of sp³-hybridized carbons (Fsp3) is 0.778. The lowest BCUT2D eigenvalue weighted by atomic mass is 10.3. The molecule has 92 valence electrons. The average molecular weight is 248 g/mol. The molecular weight excluding hydrogens is 232 g/mol. The Kier molecular flexibility index (Phi) is 8.51. The second kappa shape index (κ2) is 9.14. The van der Waals surface area contributed by atoms with Crippen molar-refractivity contribution in [1.29, 1.82) is 0 Å². The lowest BCUT2D eigenvalue weighted by molar-refractivity contribution is -0.147. The van der Waals surface area contributed by atoms with E-state index < -0.39 is 12.0 Å². The predicted octanol–water partition coefficient (Wildman–Crippen LogP) is 1.25. The first-order valence-corrected chi connectivity index (χ1v) is 5.94. The van der Waals surface area contributed by atoms with Gasteiger partial charge in [0.25, 0.3) is 0 Å². The molecule has 0 aromatic rings. The number of ether oxygens (including phenoxy) is 1. The van der Waals surface area contributed by atoms with E-state index in [0.29, 0.717) is 18.6 Å². The first-order chi connectivity index (χ1) is 7.61. The summed E-state index contributed by atoms with van der Waals surface area (Å²) in [6, 6.07) is -0.808. The number of nitrogens with one attached hydrogen (secondary N) is 1. The normalized spacial score (nSPS) is 11.6. The Hall–Kier alpha value is -1.11. The van der Waals surface area contributed by atoms with Crippen LogP contribution in [-0.4, -0.2) is 30.3 Å². The van der Waals surface area contributed by atoms with Crippen molar-refractivity contribution < 1.29 is 14.3 Å². The smallest absolute Gasteiger partial charge is 0.329 e. The Bertz CT molecular complexity index is 248. The van der Waals surface area contributed by atoms with Crippen LogP contribution in [-0.2, 0) is 14.3 Å². The SMILES string of the molecule is CCCCOC(=O)[C@H](CSN=O)NC(C)=O. The maximum Gasteiger partial charge on any atom is 0.329 e. The summed E-state index contributed by atoms with van der Waals surface area (Å²) in [6.07, 6.45) is 1.69. The van der Waals surface area contributed by atoms with Gasteiger partial charge in [-0.05, 0) is 6.42 Å². The topological polar surface area (TPSA) is 84.8 Å². The fourth-order valence-electron chi connectivity index (χ4n) is 0.937. The van der Waals surface area contributed by atoms with E-state index in [1.165, 1.54) is 6.92 Å². The van der Waals surface area contributed by atoms with E-state index in [2.05, 4.69) is 9.90 Å². The minimum absolute atomic E-state index is 0.0913. The molecule has 1 N–H and O–H groups in total. The second-order valence-corrected chi connectivity index (χ2v) is 3.89. The highest BCUT2D eigenvalue weighted by molar-refractivity contribution is 7.97. The summed E-state index contributed by atoms with van der Waals surface area (Å²) < 4.78 is 7.50. The van der Waals surface area contributed by atoms with Crippen LogP contribution in [0.4, 0.5) is 0 Å². The van der Waals surface area contributed by atoms with Crippen LogP contribution in [0, 0.1) is 4.91 Å². The summed E-state index contributed by atoms with van der Waals surface area (Å²) in [5.74, 6) is -0.780. The lowest BCUT2D eigenvalue weighted by Gasteiger charge is -2.14. The molecule has 16 heavy (non-hydrogen) atoms. The molecule has 1 atom stereocenters. The molecule has 0 aromatic carbocycles. The zero-order valence-corrected chi connectivity index (χ0v) is 10.2. The fourth-order valence-corrected chi connectivity index (χ4v) is 1.37. The number of carbonyl (C=O) groups excluding carboxylic acids is 2. The van der Waals surface area contributed by atoms with Crippen molar-refractivity contribution in [2.24, 2.45) is 4.58 Å². The van der Waals surface area contributed by atoms with Crippen molar-refractivity contribution in [3.05, 3.63) is 4.91 Å². The van der Waals surface area contributed by atoms with E-state index in [1.807, 2.05) is 6.92 Å². The van der Waals surface area contributed by atoms with Gasteiger partial charge < -0.3 is 10.1 Å². The van der Waals surface area contributed by atoms with Crippen molar-refractivity contribution >= 4 is 23.8 Å². The molecule has 0 fully saturated rings. The van der Waals surface area contributed by atoms with Gasteiger partial charge in [0, 0.05) is 29.2 Å². The number of hydrogen-bond donors (Lipinski definition) is 1. The average Bonchev–Trinajstić information content (AvgIpc) is 2.23. The maximum absolute atomic E-state index is 11.5. The third kappa shape index (κ3) is 7.22. The van der Waals surface area contributed by atoms with Gasteiger partial charge in [0.1, 0.15) is 6.04 Å². The number of nitrogens with zero attached hydrogens (tertiary/aromatic N) is 1. The minimum atomic E-state index is -0.808. The van der Waals surface area contributed by atoms with Gasteiger partial charge >= 0.3 is 5.97 Å². The molecule has 7 heteroatoms. The summed E-state index contributed by atoms with van der Waals surface area (Å²) in [4.78, 5) is 32.2. The van der Waals surface area contributed by atoms with E-state index in [4.69, 9.17) is 4.74 Å². The van der Waals surface area contributed by atoms with Gasteiger partial charge in [-0.2, -0.15) is 0 Å². The van der Waals surface area contributed by atoms with Crippen LogP contribution >= 0.6 is 11.9 Å². The van der Waals surface area contributed by atoms with Crippen LogP contribution in [0.3, 0.4) is 0 Å². The summed E-state index contributed by atoms with van der Waals surface area (Å²) in [6.45, 7) is 3.60. The molecular formula is C9H16N2O4S. The number of hydrogen-bond acceptors (Lipinski definition) is 6. The molecule has 1 amide bonds. The van der Waals surface area contributed by atoms with E-state index in [9.17, 15) is 14.5 Å². The van der Waals surface area contributed by atoms with Gasteiger partial charge in [-0.1, -0.05) is 13.3 Å². The van der Waals surface area contributed by atoms with Gasteiger partial charge in [-0.25, -0.2) is 4.79 Å². The highest BCUT2D eigenvalue weighted by Gasteiger charge is 2.21. The Labute approximate surface area is 98.6 Å². The number of nitroso groups, excluding NO2 is 1. The molecule has 0 aliphatic carbocycles. The Balaban J connectivity index is 4.08. The van der Waals surface area contributed by atoms with Crippen molar-refractivity contribution in [3.63, 3.8) is 0 Å². The quantitative estimate of drug-likeness (QED) is 0.302. The summed E-state index contributed by atoms with van der Waals surface area (Å²) >= 11 is 0.680. The molecule has 0 saturated carbocycles. The van der Waals surface area contributed by atoms with Crippen LogP contribution in [0.5, 0.6) is 0 Å². The Morgan fingerprint density at radius 1 is 1.50 bits per heavy atom. The van der Waals surface area contributed by atoms with Crippen LogP contribution < -0.4 is 5.32 Å². The van der Waals surface area contributed by atoms with Gasteiger partial charge in [0.05, 0.1) is 6.61 Å². The van der Waals surface area contributed by atoms with Crippen molar-refractivity contribution in [3.8, 4) is 0 Å². The zero-order valence-electron chi connectivity index (χ0n) is 9.39. The van der Waals surface area contributed by atoms with Crippen LogP contribution in [0.25, 0.3) is 0 Å². The summed E-state index contributed by atoms with van der Waals surface area (Å²) in [5.41, 5.74) is 0. The molecule has 0 rings (SSSR count). The Morgan fingerprint density at radius 2 is 2.19 bits per heavy atom. The number of carbonyl (C=O) groups is 2. The van der Waals surface area contributed by atoms with Gasteiger partial charge in [-0.3, -0.25) is 4.79 Å². The number of esters is 1. The van der Waals surface area contributed by atoms with Crippen molar-refractivity contribution in [2.75, 3.05) is 12.4 Å². The van der Waals surface area contributed by atoms with Gasteiger partial charge in [-0.15, -0.1) is 4.91 Å². The van der Waals surface area contributed by atoms with E-state index in [-0.39, 0.29) is 11.7 Å². The van der Waals surface area contributed by atoms with Gasteiger partial charge in [0.2, 0.25) is 5.91 Å². The second-order valence-electron chi connectivity index (χ2n) is 3.14. The molecule has 0 radical (unpaired) electrons. The minimum Gasteiger partial charge on any atom is -0.464 e. The number of rotatable bonds is 8. The molecule has 0 aromatic heterocycles. The predicted molar refractivity (Wildman–Crippen MR) is 61.7 cm³/mol. The molecule has 0 saturated heterocycles. The highest BCUT2D eigenvalue weighted by atomic mass is 32.2. The van der Waals surface area contributed by atoms with Crippen molar-refractivity contribution in [1.82, 2.24) is 5.32 Å². The van der Waals surface area contributed by atoms with E-state index >= 15 is 0 Å². The van der Waals surface area contributed by atoms with Crippen molar-refractivity contribution in [2.45, 2.75) is 32.7 Å². The number of unbranched alkanes of at least 4 members (excludes halogenated alkanes) is 1. The molecule has 0 heterocycles. The third-order valence-corrected chi connectivity index (χ3v) is 2.29.